The molecule has 0 aromatic heterocycles. The molecular formula is C19H39. The molecule has 0 rings (SSSR count). The first-order valence-electron chi connectivity index (χ1n) is 9.14. The van der Waals surface area contributed by atoms with Gasteiger partial charge in [0.15, 0.2) is 0 Å². The molecule has 19 heavy (non-hydrogen) atoms. The van der Waals surface area contributed by atoms with E-state index < -0.39 is 0 Å². The Morgan fingerprint density at radius 1 is 0.632 bits per heavy atom. The molecule has 0 aromatic carbocycles. The van der Waals surface area contributed by atoms with E-state index in [-0.39, 0.29) is 0 Å². The van der Waals surface area contributed by atoms with Crippen molar-refractivity contribution in [1.82, 2.24) is 0 Å². The van der Waals surface area contributed by atoms with E-state index in [0.29, 0.717) is 0 Å². The van der Waals surface area contributed by atoms with E-state index in [1.165, 1.54) is 89.9 Å². The van der Waals surface area contributed by atoms with Crippen LogP contribution in [0.25, 0.3) is 0 Å². The predicted molar refractivity (Wildman–Crippen MR) is 89.5 cm³/mol. The summed E-state index contributed by atoms with van der Waals surface area (Å²) in [6.45, 7) is 8.59. The van der Waals surface area contributed by atoms with Crippen molar-refractivity contribution in [2.24, 2.45) is 5.92 Å². The Balaban J connectivity index is 3.21. The molecule has 0 aliphatic carbocycles. The standard InChI is InChI=1S/C19H39/c1-4-7-9-10-11-12-13-14-16-18-19(6-3)17-15-8-5-2/h19H,2,4-18H2,1,3H3. The second-order valence-corrected chi connectivity index (χ2v) is 6.24. The molecule has 0 saturated carbocycles. The zero-order valence-corrected chi connectivity index (χ0v) is 13.9. The molecule has 0 aliphatic heterocycles. The van der Waals surface area contributed by atoms with Crippen LogP contribution < -0.4 is 0 Å². The van der Waals surface area contributed by atoms with Crippen LogP contribution in [-0.2, 0) is 0 Å². The van der Waals surface area contributed by atoms with Crippen molar-refractivity contribution in [3.63, 3.8) is 0 Å². The summed E-state index contributed by atoms with van der Waals surface area (Å²) in [5.41, 5.74) is 0. The first kappa shape index (κ1) is 19.0. The van der Waals surface area contributed by atoms with Crippen molar-refractivity contribution in [2.75, 3.05) is 0 Å². The summed E-state index contributed by atoms with van der Waals surface area (Å²) in [5.74, 6) is 0.996. The lowest BCUT2D eigenvalue weighted by atomic mass is 9.92. The van der Waals surface area contributed by atoms with Crippen molar-refractivity contribution >= 4 is 0 Å². The quantitative estimate of drug-likeness (QED) is 0.272. The third-order valence-corrected chi connectivity index (χ3v) is 4.41. The smallest absolute Gasteiger partial charge is 0.0417 e. The lowest BCUT2D eigenvalue weighted by Gasteiger charge is -2.14. The topological polar surface area (TPSA) is 0 Å². The van der Waals surface area contributed by atoms with Crippen LogP contribution in [-0.4, -0.2) is 0 Å². The summed E-state index contributed by atoms with van der Waals surface area (Å²) in [7, 11) is 0. The number of unbranched alkanes of at least 4 members (excludes halogenated alkanes) is 10. The third kappa shape index (κ3) is 14.2. The lowest BCUT2D eigenvalue weighted by Crippen LogP contribution is -1.99. The fourth-order valence-corrected chi connectivity index (χ4v) is 2.91. The van der Waals surface area contributed by atoms with Gasteiger partial charge in [0.1, 0.15) is 0 Å². The summed E-state index contributed by atoms with van der Waals surface area (Å²) in [6.07, 6.45) is 21.2. The molecule has 1 atom stereocenters. The number of hydrogen-bond donors (Lipinski definition) is 0. The summed E-state index contributed by atoms with van der Waals surface area (Å²) in [5, 5.41) is 0. The van der Waals surface area contributed by atoms with Crippen LogP contribution in [0, 0.1) is 12.8 Å². The van der Waals surface area contributed by atoms with Gasteiger partial charge in [0.2, 0.25) is 0 Å². The van der Waals surface area contributed by atoms with E-state index in [9.17, 15) is 0 Å². The highest BCUT2D eigenvalue weighted by molar-refractivity contribution is 4.59. The predicted octanol–water partition coefficient (Wildman–Crippen LogP) is 7.33. The Morgan fingerprint density at radius 2 is 1.11 bits per heavy atom. The highest BCUT2D eigenvalue weighted by Gasteiger charge is 2.05. The molecule has 0 aromatic rings. The Kier molecular flexibility index (Phi) is 16.1. The van der Waals surface area contributed by atoms with Gasteiger partial charge in [-0.2, -0.15) is 0 Å². The summed E-state index contributed by atoms with van der Waals surface area (Å²) >= 11 is 0. The van der Waals surface area contributed by atoms with Crippen LogP contribution in [0.15, 0.2) is 0 Å². The van der Waals surface area contributed by atoms with Crippen LogP contribution >= 0.6 is 0 Å². The fraction of sp³-hybridized carbons (Fsp3) is 0.947. The van der Waals surface area contributed by atoms with Crippen LogP contribution in [0.4, 0.5) is 0 Å². The Bertz CT molecular complexity index is 150. The molecule has 0 nitrogen and oxygen atoms in total. The molecule has 0 fully saturated rings. The number of hydrogen-bond acceptors (Lipinski definition) is 0. The third-order valence-electron chi connectivity index (χ3n) is 4.41. The normalized spacial score (nSPS) is 12.8. The Labute approximate surface area is 123 Å². The largest absolute Gasteiger partial charge is 0.0654 e. The van der Waals surface area contributed by atoms with Gasteiger partial charge in [-0.15, -0.1) is 0 Å². The molecule has 0 saturated heterocycles. The van der Waals surface area contributed by atoms with Gasteiger partial charge in [-0.3, -0.25) is 0 Å². The Morgan fingerprint density at radius 3 is 1.58 bits per heavy atom. The summed E-state index contributed by atoms with van der Waals surface area (Å²) < 4.78 is 0. The molecule has 0 bridgehead atoms. The van der Waals surface area contributed by atoms with Gasteiger partial charge in [-0.25, -0.2) is 0 Å². The second kappa shape index (κ2) is 16.1. The summed E-state index contributed by atoms with van der Waals surface area (Å²) in [4.78, 5) is 0. The molecule has 0 aliphatic rings. The van der Waals surface area contributed by atoms with E-state index >= 15 is 0 Å². The van der Waals surface area contributed by atoms with E-state index in [1.807, 2.05) is 0 Å². The monoisotopic (exact) mass is 267 g/mol. The van der Waals surface area contributed by atoms with Crippen LogP contribution in [0.1, 0.15) is 110 Å². The average Bonchev–Trinajstić information content (AvgIpc) is 2.43. The minimum absolute atomic E-state index is 0.996. The highest BCUT2D eigenvalue weighted by Crippen LogP contribution is 2.21. The SMILES string of the molecule is [CH2]CCCCC(CC)CCCCCCCCCCC. The molecule has 0 amide bonds. The highest BCUT2D eigenvalue weighted by atomic mass is 14.1. The molecule has 1 unspecified atom stereocenters. The minimum Gasteiger partial charge on any atom is -0.0654 e. The maximum atomic E-state index is 3.93. The first-order chi connectivity index (χ1) is 9.35. The maximum Gasteiger partial charge on any atom is -0.0417 e. The lowest BCUT2D eigenvalue weighted by molar-refractivity contribution is 0.397. The zero-order chi connectivity index (χ0) is 14.2. The van der Waals surface area contributed by atoms with Gasteiger partial charge < -0.3 is 0 Å². The van der Waals surface area contributed by atoms with Crippen molar-refractivity contribution in [1.29, 1.82) is 0 Å². The average molecular weight is 268 g/mol. The van der Waals surface area contributed by atoms with Crippen molar-refractivity contribution in [3.8, 4) is 0 Å². The molecule has 1 radical (unpaired) electrons. The van der Waals surface area contributed by atoms with Gasteiger partial charge >= 0.3 is 0 Å². The van der Waals surface area contributed by atoms with Gasteiger partial charge in [0.05, 0.1) is 0 Å². The van der Waals surface area contributed by atoms with Crippen LogP contribution in [0.2, 0.25) is 0 Å². The van der Waals surface area contributed by atoms with E-state index in [2.05, 4.69) is 20.8 Å². The molecule has 0 heteroatoms. The molecule has 0 N–H and O–H groups in total. The Hall–Kier alpha value is 0. The van der Waals surface area contributed by atoms with Crippen molar-refractivity contribution in [2.45, 2.75) is 110 Å². The van der Waals surface area contributed by atoms with E-state index in [4.69, 9.17) is 0 Å². The van der Waals surface area contributed by atoms with Crippen molar-refractivity contribution in [3.05, 3.63) is 6.92 Å². The second-order valence-electron chi connectivity index (χ2n) is 6.24. The molecular weight excluding hydrogens is 228 g/mol. The maximum absolute atomic E-state index is 3.93. The fourth-order valence-electron chi connectivity index (χ4n) is 2.91. The first-order valence-corrected chi connectivity index (χ1v) is 9.14. The van der Waals surface area contributed by atoms with Crippen LogP contribution in [0.3, 0.4) is 0 Å². The molecule has 0 spiro atoms. The molecule has 0 heterocycles. The summed E-state index contributed by atoms with van der Waals surface area (Å²) in [6, 6.07) is 0. The zero-order valence-electron chi connectivity index (χ0n) is 13.9. The van der Waals surface area contributed by atoms with Gasteiger partial charge in [0, 0.05) is 0 Å². The van der Waals surface area contributed by atoms with E-state index in [1.54, 1.807) is 0 Å². The van der Waals surface area contributed by atoms with Crippen molar-refractivity contribution < 1.29 is 0 Å². The van der Waals surface area contributed by atoms with Crippen LogP contribution in [0.5, 0.6) is 0 Å². The van der Waals surface area contributed by atoms with Gasteiger partial charge in [-0.1, -0.05) is 117 Å². The number of rotatable bonds is 15. The minimum atomic E-state index is 0.996. The van der Waals surface area contributed by atoms with Gasteiger partial charge in [-0.05, 0) is 5.92 Å². The molecule has 115 valence electrons. The van der Waals surface area contributed by atoms with E-state index in [0.717, 1.165) is 12.3 Å². The van der Waals surface area contributed by atoms with Gasteiger partial charge in [0.25, 0.3) is 0 Å².